The van der Waals surface area contributed by atoms with E-state index < -0.39 is 25.6 Å². The van der Waals surface area contributed by atoms with Gasteiger partial charge in [-0.1, -0.05) is 0 Å². The Hall–Kier alpha value is 2.28. The molecule has 8 N–H and O–H groups in total. The quantitative estimate of drug-likeness (QED) is 0.144. The molecular weight excluding hydrogens is 374 g/mol. The number of hydrogen-bond acceptors (Lipinski definition) is 7. The van der Waals surface area contributed by atoms with Gasteiger partial charge in [0, 0.05) is 0 Å². The van der Waals surface area contributed by atoms with Crippen LogP contribution in [0.15, 0.2) is 0 Å². The molecular formula is CH15AlCaClNaO11SSi. The van der Waals surface area contributed by atoms with Gasteiger partial charge in [-0.05, 0) is 0 Å². The molecule has 0 rings (SSSR count). The average molecular weight is 389 g/mol. The maximum Gasteiger partial charge on any atom is 2.00 e. The van der Waals surface area contributed by atoms with Crippen LogP contribution in [0.3, 0.4) is 0 Å². The Labute approximate surface area is 176 Å². The molecule has 0 atom stereocenters. The Balaban J connectivity index is -0.00000000930. The topological polar surface area (TPSA) is 213 Å². The molecule has 0 saturated heterocycles. The predicted molar refractivity (Wildman–Crippen MR) is 65.7 cm³/mol. The van der Waals surface area contributed by atoms with E-state index in [1.54, 1.807) is 0 Å². The molecule has 0 aromatic heterocycles. The van der Waals surface area contributed by atoms with Gasteiger partial charge in [-0.3, -0.25) is 9.11 Å². The minimum atomic E-state index is -4.67. The summed E-state index contributed by atoms with van der Waals surface area (Å²) in [5, 5.41) is 13.9. The second-order valence-electron chi connectivity index (χ2n) is 1.33. The van der Waals surface area contributed by atoms with Gasteiger partial charge in [-0.25, -0.2) is 4.79 Å². The minimum Gasteiger partial charge on any atom is -1.00 e. The molecule has 0 aliphatic heterocycles. The molecule has 0 unspecified atom stereocenters. The third-order valence-electron chi connectivity index (χ3n) is 0. The van der Waals surface area contributed by atoms with Crippen LogP contribution < -0.4 is 29.6 Å². The average Bonchev–Trinajstić information content (AvgIpc) is 1.45. The van der Waals surface area contributed by atoms with Crippen LogP contribution in [-0.4, -0.2) is 117 Å². The SMILES string of the molecule is Cl.O=C(O)O.O=S(=O)(O)O.O[Si](O)(O)O.[AlH3].[Ca+2].[H-].[H-].[H-].[Na+]. The molecule has 0 amide bonds. The molecule has 0 aliphatic carbocycles. The molecule has 0 fully saturated rings. The molecule has 0 aromatic carbocycles. The Morgan fingerprint density at radius 1 is 1.00 bits per heavy atom. The zero-order chi connectivity index (χ0) is 12.6. The van der Waals surface area contributed by atoms with Crippen LogP contribution in [0.2, 0.25) is 0 Å². The van der Waals surface area contributed by atoms with E-state index in [1.165, 1.54) is 0 Å². The smallest absolute Gasteiger partial charge is 1.00 e. The molecule has 0 spiro atoms. The summed E-state index contributed by atoms with van der Waals surface area (Å²) in [6.07, 6.45) is -1.83. The van der Waals surface area contributed by atoms with Crippen LogP contribution in [0.25, 0.3) is 0 Å². The molecule has 17 heteroatoms. The largest absolute Gasteiger partial charge is 2.00 e. The van der Waals surface area contributed by atoms with E-state index >= 15 is 0 Å². The number of rotatable bonds is 0. The van der Waals surface area contributed by atoms with E-state index in [0.717, 1.165) is 0 Å². The van der Waals surface area contributed by atoms with Crippen molar-refractivity contribution in [2.24, 2.45) is 0 Å². The van der Waals surface area contributed by atoms with Crippen molar-refractivity contribution in [3.63, 3.8) is 0 Å². The van der Waals surface area contributed by atoms with Crippen molar-refractivity contribution in [2.45, 2.75) is 0 Å². The van der Waals surface area contributed by atoms with Crippen molar-refractivity contribution in [1.29, 1.82) is 0 Å². The summed E-state index contributed by atoms with van der Waals surface area (Å²) < 4.78 is 31.6. The Morgan fingerprint density at radius 2 is 1.00 bits per heavy atom. The van der Waals surface area contributed by atoms with Gasteiger partial charge in [-0.15, -0.1) is 12.4 Å². The zero-order valence-corrected chi connectivity index (χ0v) is 15.2. The Bertz CT molecular complexity index is 249. The van der Waals surface area contributed by atoms with Crippen LogP contribution in [-0.2, 0) is 10.4 Å². The first-order valence-corrected chi connectivity index (χ1v) is 5.43. The van der Waals surface area contributed by atoms with Gasteiger partial charge in [0.15, 0.2) is 17.4 Å². The first kappa shape index (κ1) is 42.7. The molecule has 0 aromatic rings. The van der Waals surface area contributed by atoms with Gasteiger partial charge in [-0.2, -0.15) is 8.42 Å². The number of halogens is 1. The van der Waals surface area contributed by atoms with Crippen molar-refractivity contribution in [1.82, 2.24) is 0 Å². The summed E-state index contributed by atoms with van der Waals surface area (Å²) in [7, 11) is -9.28. The van der Waals surface area contributed by atoms with Crippen LogP contribution in [0.4, 0.5) is 4.79 Å². The van der Waals surface area contributed by atoms with Crippen molar-refractivity contribution in [3.8, 4) is 0 Å². The van der Waals surface area contributed by atoms with E-state index in [0.29, 0.717) is 0 Å². The molecule has 108 valence electrons. The van der Waals surface area contributed by atoms with E-state index in [-0.39, 0.29) is 101 Å². The van der Waals surface area contributed by atoms with Crippen LogP contribution in [0.1, 0.15) is 4.28 Å². The fourth-order valence-corrected chi connectivity index (χ4v) is 0. The molecule has 0 saturated carbocycles. The zero-order valence-electron chi connectivity index (χ0n) is 11.3. The predicted octanol–water partition coefficient (Wildman–Crippen LogP) is -6.84. The summed E-state index contributed by atoms with van der Waals surface area (Å²) in [6.45, 7) is 0. The van der Waals surface area contributed by atoms with Crippen LogP contribution in [0.5, 0.6) is 0 Å². The Kier molecular flexibility index (Phi) is 51.2. The van der Waals surface area contributed by atoms with E-state index in [1.807, 2.05) is 0 Å². The van der Waals surface area contributed by atoms with Gasteiger partial charge in [0.1, 0.15) is 0 Å². The third-order valence-corrected chi connectivity index (χ3v) is 0. The molecule has 0 bridgehead atoms. The van der Waals surface area contributed by atoms with Gasteiger partial charge in [0.2, 0.25) is 0 Å². The first-order chi connectivity index (χ1) is 5.73. The summed E-state index contributed by atoms with van der Waals surface area (Å²) in [5.41, 5.74) is 0. The van der Waals surface area contributed by atoms with Gasteiger partial charge < -0.3 is 33.7 Å². The maximum absolute atomic E-state index is 8.74. The number of carboxylic acid groups (broad SMARTS) is 2. The summed E-state index contributed by atoms with van der Waals surface area (Å²) in [6, 6.07) is 0. The van der Waals surface area contributed by atoms with Crippen LogP contribution >= 0.6 is 12.4 Å². The van der Waals surface area contributed by atoms with Gasteiger partial charge in [0.05, 0.1) is 0 Å². The molecule has 11 nitrogen and oxygen atoms in total. The van der Waals surface area contributed by atoms with E-state index in [2.05, 4.69) is 0 Å². The van der Waals surface area contributed by atoms with Crippen molar-refractivity contribution >= 4 is 93.1 Å². The van der Waals surface area contributed by atoms with Crippen molar-refractivity contribution in [2.75, 3.05) is 0 Å². The molecule has 0 heterocycles. The second-order valence-corrected chi connectivity index (χ2v) is 3.43. The molecule has 0 aliphatic rings. The van der Waals surface area contributed by atoms with Crippen molar-refractivity contribution < 1.29 is 85.6 Å². The summed E-state index contributed by atoms with van der Waals surface area (Å²) >= 11 is 0. The van der Waals surface area contributed by atoms with Gasteiger partial charge in [0.25, 0.3) is 0 Å². The molecule has 18 heavy (non-hydrogen) atoms. The fourth-order valence-electron chi connectivity index (χ4n) is 0. The van der Waals surface area contributed by atoms with Crippen LogP contribution in [0, 0.1) is 0 Å². The minimum absolute atomic E-state index is 0. The number of hydrogen-bond donors (Lipinski definition) is 8. The second kappa shape index (κ2) is 21.6. The number of carbonyl (C=O) groups is 1. The standard InChI is InChI=1S/CH2O3.Al.Ca.ClH.Na.H2O4S.H4O4Si.6H/c2-1(3)4;;;;;2*1-5(2,3)4;;;;;;/h(H2,2,3,4);;;1H;;(H2,1,2,3,4);1-4H;;;;;;/q;;+2;;+1;;;;;;3*-1. The summed E-state index contributed by atoms with van der Waals surface area (Å²) in [5.74, 6) is 0. The monoisotopic (exact) mass is 388 g/mol. The normalized spacial score (nSPS) is 7.89. The van der Waals surface area contributed by atoms with E-state index in [4.69, 9.17) is 51.7 Å². The Morgan fingerprint density at radius 3 is 1.00 bits per heavy atom. The molecule has 0 radical (unpaired) electrons. The maximum atomic E-state index is 8.74. The van der Waals surface area contributed by atoms with E-state index in [9.17, 15) is 0 Å². The third kappa shape index (κ3) is 1050. The van der Waals surface area contributed by atoms with Crippen molar-refractivity contribution in [3.05, 3.63) is 0 Å². The fraction of sp³-hybridized carbons (Fsp3) is 0. The summed E-state index contributed by atoms with van der Waals surface area (Å²) in [4.78, 5) is 37.9. The van der Waals surface area contributed by atoms with Gasteiger partial charge >= 0.3 is 92.9 Å². The first-order valence-electron chi connectivity index (χ1n) is 2.24.